The van der Waals surface area contributed by atoms with Crippen LogP contribution in [0.3, 0.4) is 0 Å². The second-order valence-corrected chi connectivity index (χ2v) is 4.48. The number of rotatable bonds is 3. The molecule has 0 radical (unpaired) electrons. The third-order valence-corrected chi connectivity index (χ3v) is 3.04. The number of nitrogens with one attached hydrogen (secondary N) is 1. The van der Waals surface area contributed by atoms with Crippen LogP contribution < -0.4 is 5.32 Å². The zero-order valence-electron chi connectivity index (χ0n) is 9.26. The summed E-state index contributed by atoms with van der Waals surface area (Å²) < 4.78 is 62.8. The summed E-state index contributed by atoms with van der Waals surface area (Å²) in [5, 5.41) is 3.45. The maximum atomic E-state index is 13.3. The average Bonchev–Trinajstić information content (AvgIpc) is 2.76. The largest absolute Gasteiger partial charge is 0.434 e. The molecule has 0 aliphatic rings. The van der Waals surface area contributed by atoms with E-state index in [9.17, 15) is 22.0 Å². The highest BCUT2D eigenvalue weighted by Crippen LogP contribution is 2.31. The summed E-state index contributed by atoms with van der Waals surface area (Å²) in [6, 6.07) is 3.00. The number of alkyl halides is 3. The van der Waals surface area contributed by atoms with Crippen LogP contribution in [0.25, 0.3) is 0 Å². The summed E-state index contributed by atoms with van der Waals surface area (Å²) >= 11 is 0.766. The Labute approximate surface area is 108 Å². The molecule has 0 amide bonds. The lowest BCUT2D eigenvalue weighted by Crippen LogP contribution is -2.06. The van der Waals surface area contributed by atoms with E-state index in [0.717, 1.165) is 22.8 Å². The smallest absolute Gasteiger partial charge is 0.357 e. The van der Waals surface area contributed by atoms with E-state index < -0.39 is 23.5 Å². The predicted octanol–water partition coefficient (Wildman–Crippen LogP) is 4.05. The molecule has 102 valence electrons. The molecule has 1 aromatic heterocycles. The summed E-state index contributed by atoms with van der Waals surface area (Å²) in [5.41, 5.74) is -0.857. The maximum absolute atomic E-state index is 13.3. The van der Waals surface area contributed by atoms with Crippen molar-refractivity contribution >= 4 is 16.5 Å². The Balaban J connectivity index is 2.04. The molecule has 1 N–H and O–H groups in total. The standard InChI is InChI=1S/C11H7F5N2S/c12-7-2-1-6(8(13)3-7)4-17-10-18-9(5-19-10)11(14,15)16/h1-3,5H,4H2,(H,17,18). The highest BCUT2D eigenvalue weighted by molar-refractivity contribution is 7.13. The van der Waals surface area contributed by atoms with Crippen molar-refractivity contribution < 1.29 is 22.0 Å². The summed E-state index contributed by atoms with van der Waals surface area (Å²) in [6.07, 6.45) is -4.50. The maximum Gasteiger partial charge on any atom is 0.434 e. The van der Waals surface area contributed by atoms with Gasteiger partial charge in [0.15, 0.2) is 10.8 Å². The lowest BCUT2D eigenvalue weighted by molar-refractivity contribution is -0.140. The SMILES string of the molecule is Fc1ccc(CNc2nc(C(F)(F)F)cs2)c(F)c1. The van der Waals surface area contributed by atoms with Crippen molar-refractivity contribution in [1.82, 2.24) is 4.98 Å². The van der Waals surface area contributed by atoms with Crippen molar-refractivity contribution in [2.45, 2.75) is 12.7 Å². The number of halogens is 5. The van der Waals surface area contributed by atoms with Crippen molar-refractivity contribution in [2.75, 3.05) is 5.32 Å². The Hall–Kier alpha value is -1.70. The van der Waals surface area contributed by atoms with Crippen LogP contribution >= 0.6 is 11.3 Å². The quantitative estimate of drug-likeness (QED) is 0.864. The predicted molar refractivity (Wildman–Crippen MR) is 60.8 cm³/mol. The van der Waals surface area contributed by atoms with E-state index in [-0.39, 0.29) is 17.2 Å². The molecule has 0 aliphatic carbocycles. The minimum Gasteiger partial charge on any atom is -0.357 e. The fourth-order valence-corrected chi connectivity index (χ4v) is 2.04. The van der Waals surface area contributed by atoms with Crippen molar-refractivity contribution in [3.05, 3.63) is 46.5 Å². The number of aromatic nitrogens is 1. The molecule has 0 saturated carbocycles. The van der Waals surface area contributed by atoms with Gasteiger partial charge < -0.3 is 5.32 Å². The first kappa shape index (κ1) is 13.7. The average molecular weight is 294 g/mol. The topological polar surface area (TPSA) is 24.9 Å². The highest BCUT2D eigenvalue weighted by Gasteiger charge is 2.33. The minimum atomic E-state index is -4.50. The van der Waals surface area contributed by atoms with Crippen molar-refractivity contribution in [2.24, 2.45) is 0 Å². The molecule has 0 saturated heterocycles. The minimum absolute atomic E-state index is 0.0241. The van der Waals surface area contributed by atoms with Gasteiger partial charge in [-0.05, 0) is 6.07 Å². The molecule has 0 atom stereocenters. The first-order valence-electron chi connectivity index (χ1n) is 5.07. The van der Waals surface area contributed by atoms with Crippen LogP contribution in [0.15, 0.2) is 23.6 Å². The third-order valence-electron chi connectivity index (χ3n) is 2.24. The van der Waals surface area contributed by atoms with Gasteiger partial charge in [0.05, 0.1) is 0 Å². The third kappa shape index (κ3) is 3.40. The Morgan fingerprint density at radius 1 is 1.21 bits per heavy atom. The summed E-state index contributed by atoms with van der Waals surface area (Å²) in [7, 11) is 0. The lowest BCUT2D eigenvalue weighted by atomic mass is 10.2. The van der Waals surface area contributed by atoms with Crippen LogP contribution in [0.1, 0.15) is 11.3 Å². The molecule has 0 bridgehead atoms. The second-order valence-electron chi connectivity index (χ2n) is 3.62. The van der Waals surface area contributed by atoms with Crippen LogP contribution in [-0.2, 0) is 12.7 Å². The number of thiazole rings is 1. The molecule has 0 fully saturated rings. The van der Waals surface area contributed by atoms with Gasteiger partial charge in [-0.3, -0.25) is 0 Å². The zero-order chi connectivity index (χ0) is 14.0. The van der Waals surface area contributed by atoms with Gasteiger partial charge in [0.2, 0.25) is 0 Å². The van der Waals surface area contributed by atoms with Gasteiger partial charge >= 0.3 is 6.18 Å². The van der Waals surface area contributed by atoms with Crippen LogP contribution in [0.5, 0.6) is 0 Å². The van der Waals surface area contributed by atoms with Gasteiger partial charge in [-0.25, -0.2) is 13.8 Å². The molecular weight excluding hydrogens is 287 g/mol. The van der Waals surface area contributed by atoms with Gasteiger partial charge in [-0.2, -0.15) is 13.2 Å². The molecule has 0 aliphatic heterocycles. The molecule has 1 heterocycles. The Kier molecular flexibility index (Phi) is 3.70. The number of nitrogens with zero attached hydrogens (tertiary/aromatic N) is 1. The summed E-state index contributed by atoms with van der Waals surface area (Å²) in [6.45, 7) is -0.0725. The van der Waals surface area contributed by atoms with E-state index in [1.807, 2.05) is 0 Å². The fraction of sp³-hybridized carbons (Fsp3) is 0.182. The van der Waals surface area contributed by atoms with Crippen LogP contribution in [-0.4, -0.2) is 4.98 Å². The summed E-state index contributed by atoms with van der Waals surface area (Å²) in [4.78, 5) is 3.33. The van der Waals surface area contributed by atoms with Crippen molar-refractivity contribution in [3.8, 4) is 0 Å². The van der Waals surface area contributed by atoms with E-state index in [1.54, 1.807) is 0 Å². The highest BCUT2D eigenvalue weighted by atomic mass is 32.1. The molecular formula is C11H7F5N2S. The van der Waals surface area contributed by atoms with Gasteiger partial charge in [0, 0.05) is 23.6 Å². The first-order valence-corrected chi connectivity index (χ1v) is 5.95. The van der Waals surface area contributed by atoms with Gasteiger partial charge in [0.25, 0.3) is 0 Å². The fourth-order valence-electron chi connectivity index (χ4n) is 1.32. The molecule has 2 aromatic rings. The van der Waals surface area contributed by atoms with E-state index in [1.165, 1.54) is 6.07 Å². The van der Waals surface area contributed by atoms with E-state index in [0.29, 0.717) is 6.07 Å². The summed E-state index contributed by atoms with van der Waals surface area (Å²) in [5.74, 6) is -1.48. The molecule has 2 rings (SSSR count). The Bertz CT molecular complexity index is 579. The first-order chi connectivity index (χ1) is 8.86. The molecule has 0 unspecified atom stereocenters. The lowest BCUT2D eigenvalue weighted by Gasteiger charge is -2.04. The molecule has 1 aromatic carbocycles. The van der Waals surface area contributed by atoms with Crippen molar-refractivity contribution in [3.63, 3.8) is 0 Å². The number of hydrogen-bond acceptors (Lipinski definition) is 3. The Morgan fingerprint density at radius 3 is 2.53 bits per heavy atom. The van der Waals surface area contributed by atoms with Crippen molar-refractivity contribution in [1.29, 1.82) is 0 Å². The zero-order valence-corrected chi connectivity index (χ0v) is 10.1. The van der Waals surface area contributed by atoms with Crippen LogP contribution in [0, 0.1) is 11.6 Å². The van der Waals surface area contributed by atoms with Gasteiger partial charge in [-0.1, -0.05) is 6.07 Å². The van der Waals surface area contributed by atoms with Crippen LogP contribution in [0.4, 0.5) is 27.1 Å². The monoisotopic (exact) mass is 294 g/mol. The van der Waals surface area contributed by atoms with E-state index in [4.69, 9.17) is 0 Å². The van der Waals surface area contributed by atoms with E-state index >= 15 is 0 Å². The second kappa shape index (κ2) is 5.12. The normalized spacial score (nSPS) is 11.6. The molecule has 8 heteroatoms. The number of hydrogen-bond donors (Lipinski definition) is 1. The van der Waals surface area contributed by atoms with Gasteiger partial charge in [0.1, 0.15) is 11.6 Å². The molecule has 2 nitrogen and oxygen atoms in total. The molecule has 19 heavy (non-hydrogen) atoms. The number of anilines is 1. The number of benzene rings is 1. The van der Waals surface area contributed by atoms with Gasteiger partial charge in [-0.15, -0.1) is 11.3 Å². The molecule has 0 spiro atoms. The van der Waals surface area contributed by atoms with Crippen LogP contribution in [0.2, 0.25) is 0 Å². The van der Waals surface area contributed by atoms with E-state index in [2.05, 4.69) is 10.3 Å². The Morgan fingerprint density at radius 2 is 1.95 bits per heavy atom.